The van der Waals surface area contributed by atoms with Crippen molar-refractivity contribution < 1.29 is 9.53 Å². The van der Waals surface area contributed by atoms with Gasteiger partial charge in [-0.25, -0.2) is 9.97 Å². The van der Waals surface area contributed by atoms with Crippen LogP contribution < -0.4 is 10.1 Å². The maximum absolute atomic E-state index is 11.5. The second-order valence-electron chi connectivity index (χ2n) is 5.11. The molecule has 5 nitrogen and oxygen atoms in total. The molecule has 1 aromatic carbocycles. The van der Waals surface area contributed by atoms with Crippen LogP contribution in [0.5, 0.6) is 5.75 Å². The number of nitrogens with zero attached hydrogens (tertiary/aromatic N) is 2. The summed E-state index contributed by atoms with van der Waals surface area (Å²) in [6.45, 7) is 4.03. The van der Waals surface area contributed by atoms with E-state index < -0.39 is 0 Å². The van der Waals surface area contributed by atoms with Gasteiger partial charge < -0.3 is 10.1 Å². The van der Waals surface area contributed by atoms with Crippen molar-refractivity contribution in [2.24, 2.45) is 0 Å². The van der Waals surface area contributed by atoms with E-state index in [-0.39, 0.29) is 12.0 Å². The SMILES string of the molecule is C=CCC(=O)NC[C@H]1Cc2cccc(-c3ncccn3)c2O1. The number of carbonyl (C=O) groups excluding carboxylic acids is 1. The minimum atomic E-state index is -0.0615. The first-order valence-electron chi connectivity index (χ1n) is 7.21. The molecule has 1 atom stereocenters. The summed E-state index contributed by atoms with van der Waals surface area (Å²) >= 11 is 0. The molecular formula is C17H17N3O2. The molecule has 1 aromatic heterocycles. The predicted octanol–water partition coefficient (Wildman–Crippen LogP) is 2.14. The van der Waals surface area contributed by atoms with Gasteiger partial charge in [0.25, 0.3) is 0 Å². The van der Waals surface area contributed by atoms with Gasteiger partial charge in [-0.2, -0.15) is 0 Å². The van der Waals surface area contributed by atoms with E-state index in [1.54, 1.807) is 24.5 Å². The van der Waals surface area contributed by atoms with Gasteiger partial charge in [0.05, 0.1) is 12.1 Å². The first-order valence-corrected chi connectivity index (χ1v) is 7.21. The Morgan fingerprint density at radius 3 is 2.95 bits per heavy atom. The molecule has 112 valence electrons. The molecule has 2 heterocycles. The Labute approximate surface area is 129 Å². The lowest BCUT2D eigenvalue weighted by Crippen LogP contribution is -2.34. The maximum atomic E-state index is 11.5. The van der Waals surface area contributed by atoms with Crippen LogP contribution in [-0.4, -0.2) is 28.5 Å². The largest absolute Gasteiger partial charge is 0.487 e. The molecule has 0 saturated heterocycles. The number of hydrogen-bond acceptors (Lipinski definition) is 4. The Bertz CT molecular complexity index is 686. The zero-order chi connectivity index (χ0) is 15.4. The van der Waals surface area contributed by atoms with Crippen LogP contribution in [0, 0.1) is 0 Å². The Morgan fingerprint density at radius 1 is 1.36 bits per heavy atom. The molecule has 0 bridgehead atoms. The van der Waals surface area contributed by atoms with E-state index in [0.717, 1.165) is 23.3 Å². The predicted molar refractivity (Wildman–Crippen MR) is 83.4 cm³/mol. The van der Waals surface area contributed by atoms with Crippen molar-refractivity contribution in [2.45, 2.75) is 18.9 Å². The molecule has 2 aromatic rings. The van der Waals surface area contributed by atoms with Crippen molar-refractivity contribution in [3.8, 4) is 17.1 Å². The van der Waals surface area contributed by atoms with E-state index >= 15 is 0 Å². The second-order valence-corrected chi connectivity index (χ2v) is 5.11. The van der Waals surface area contributed by atoms with Crippen molar-refractivity contribution in [1.29, 1.82) is 0 Å². The van der Waals surface area contributed by atoms with Crippen LogP contribution in [0.1, 0.15) is 12.0 Å². The van der Waals surface area contributed by atoms with Crippen molar-refractivity contribution in [1.82, 2.24) is 15.3 Å². The topological polar surface area (TPSA) is 64.1 Å². The maximum Gasteiger partial charge on any atom is 0.223 e. The zero-order valence-corrected chi connectivity index (χ0v) is 12.2. The van der Waals surface area contributed by atoms with Crippen LogP contribution in [0.4, 0.5) is 0 Å². The van der Waals surface area contributed by atoms with Gasteiger partial charge in [-0.15, -0.1) is 6.58 Å². The fraction of sp³-hybridized carbons (Fsp3) is 0.235. The molecule has 0 aliphatic carbocycles. The van der Waals surface area contributed by atoms with Crippen LogP contribution in [-0.2, 0) is 11.2 Å². The van der Waals surface area contributed by atoms with Crippen LogP contribution >= 0.6 is 0 Å². The number of benzene rings is 1. The van der Waals surface area contributed by atoms with E-state index in [2.05, 4.69) is 21.9 Å². The molecule has 22 heavy (non-hydrogen) atoms. The molecule has 3 rings (SSSR count). The van der Waals surface area contributed by atoms with Crippen LogP contribution in [0.25, 0.3) is 11.4 Å². The Balaban J connectivity index is 1.74. The van der Waals surface area contributed by atoms with E-state index in [0.29, 0.717) is 18.8 Å². The average molecular weight is 295 g/mol. The van der Waals surface area contributed by atoms with Gasteiger partial charge in [-0.3, -0.25) is 4.79 Å². The Hall–Kier alpha value is -2.69. The first kappa shape index (κ1) is 14.3. The highest BCUT2D eigenvalue weighted by Crippen LogP contribution is 2.37. The van der Waals surface area contributed by atoms with E-state index in [1.807, 2.05) is 18.2 Å². The summed E-state index contributed by atoms with van der Waals surface area (Å²) < 4.78 is 6.00. The van der Waals surface area contributed by atoms with Crippen molar-refractivity contribution in [2.75, 3.05) is 6.54 Å². The third-order valence-electron chi connectivity index (χ3n) is 3.49. The smallest absolute Gasteiger partial charge is 0.223 e. The van der Waals surface area contributed by atoms with Gasteiger partial charge in [0, 0.05) is 25.2 Å². The molecule has 0 radical (unpaired) electrons. The average Bonchev–Trinajstić information content (AvgIpc) is 2.97. The number of carbonyl (C=O) groups is 1. The van der Waals surface area contributed by atoms with Gasteiger partial charge in [0.15, 0.2) is 5.82 Å². The van der Waals surface area contributed by atoms with E-state index in [1.165, 1.54) is 0 Å². The minimum Gasteiger partial charge on any atom is -0.487 e. The number of para-hydroxylation sites is 1. The zero-order valence-electron chi connectivity index (χ0n) is 12.2. The van der Waals surface area contributed by atoms with E-state index in [4.69, 9.17) is 4.74 Å². The summed E-state index contributed by atoms with van der Waals surface area (Å²) in [4.78, 5) is 20.1. The highest BCUT2D eigenvalue weighted by molar-refractivity contribution is 5.77. The number of rotatable bonds is 5. The highest BCUT2D eigenvalue weighted by Gasteiger charge is 2.26. The Morgan fingerprint density at radius 2 is 2.18 bits per heavy atom. The van der Waals surface area contributed by atoms with Crippen molar-refractivity contribution in [3.63, 3.8) is 0 Å². The number of aromatic nitrogens is 2. The number of fused-ring (bicyclic) bond motifs is 1. The third kappa shape index (κ3) is 2.98. The second kappa shape index (κ2) is 6.39. The van der Waals surface area contributed by atoms with Crippen molar-refractivity contribution >= 4 is 5.91 Å². The Kier molecular flexibility index (Phi) is 4.14. The van der Waals surface area contributed by atoms with Crippen LogP contribution in [0.15, 0.2) is 49.3 Å². The fourth-order valence-corrected chi connectivity index (χ4v) is 2.50. The highest BCUT2D eigenvalue weighted by atomic mass is 16.5. The molecule has 5 heteroatoms. The lowest BCUT2D eigenvalue weighted by molar-refractivity contribution is -0.120. The molecule has 1 aliphatic heterocycles. The van der Waals surface area contributed by atoms with E-state index in [9.17, 15) is 4.79 Å². The lowest BCUT2D eigenvalue weighted by Gasteiger charge is -2.12. The quantitative estimate of drug-likeness (QED) is 0.858. The molecule has 1 aliphatic rings. The summed E-state index contributed by atoms with van der Waals surface area (Å²) in [6, 6.07) is 7.75. The van der Waals surface area contributed by atoms with Gasteiger partial charge in [-0.05, 0) is 17.7 Å². The minimum absolute atomic E-state index is 0.0406. The van der Waals surface area contributed by atoms with Gasteiger partial charge in [0.1, 0.15) is 11.9 Å². The molecular weight excluding hydrogens is 278 g/mol. The third-order valence-corrected chi connectivity index (χ3v) is 3.49. The van der Waals surface area contributed by atoms with Gasteiger partial charge in [0.2, 0.25) is 5.91 Å². The summed E-state index contributed by atoms with van der Waals surface area (Å²) in [6.07, 6.45) is 6.04. The monoisotopic (exact) mass is 295 g/mol. The normalized spacial score (nSPS) is 15.7. The number of ether oxygens (including phenoxy) is 1. The first-order chi connectivity index (χ1) is 10.8. The summed E-state index contributed by atoms with van der Waals surface area (Å²) in [5, 5.41) is 2.85. The standard InChI is InChI=1S/C17H17N3O2/c1-2-5-15(21)20-11-13-10-12-6-3-7-14(16(12)22-13)17-18-8-4-9-19-17/h2-4,6-9,13H,1,5,10-11H2,(H,20,21)/t13-/m1/s1. The number of hydrogen-bond donors (Lipinski definition) is 1. The number of nitrogens with one attached hydrogen (secondary N) is 1. The van der Waals surface area contributed by atoms with Crippen LogP contribution in [0.3, 0.4) is 0 Å². The molecule has 0 spiro atoms. The molecule has 1 N–H and O–H groups in total. The van der Waals surface area contributed by atoms with Gasteiger partial charge >= 0.3 is 0 Å². The molecule has 0 saturated carbocycles. The molecule has 0 unspecified atom stereocenters. The molecule has 0 fully saturated rings. The lowest BCUT2D eigenvalue weighted by atomic mass is 10.1. The van der Waals surface area contributed by atoms with Gasteiger partial charge in [-0.1, -0.05) is 18.2 Å². The number of amides is 1. The summed E-state index contributed by atoms with van der Waals surface area (Å²) in [7, 11) is 0. The summed E-state index contributed by atoms with van der Waals surface area (Å²) in [5.74, 6) is 1.42. The summed E-state index contributed by atoms with van der Waals surface area (Å²) in [5.41, 5.74) is 2.01. The van der Waals surface area contributed by atoms with Crippen molar-refractivity contribution in [3.05, 3.63) is 54.9 Å². The fourth-order valence-electron chi connectivity index (χ4n) is 2.50. The molecule has 1 amide bonds. The van der Waals surface area contributed by atoms with Crippen LogP contribution in [0.2, 0.25) is 0 Å².